The summed E-state index contributed by atoms with van der Waals surface area (Å²) in [6, 6.07) is 15.7. The number of likely N-dealkylation sites (tertiary alicyclic amines) is 1. The van der Waals surface area contributed by atoms with E-state index in [0.717, 1.165) is 30.2 Å². The maximum atomic E-state index is 12.6. The molecule has 2 aromatic carbocycles. The second-order valence-electron chi connectivity index (χ2n) is 6.57. The number of aromatic nitrogens is 2. The molecule has 1 aromatic heterocycles. The molecule has 0 radical (unpaired) electrons. The Morgan fingerprint density at radius 3 is 2.89 bits per heavy atom. The van der Waals surface area contributed by atoms with E-state index in [0.29, 0.717) is 18.2 Å². The van der Waals surface area contributed by atoms with E-state index in [2.05, 4.69) is 16.0 Å². The molecule has 0 N–H and O–H groups in total. The van der Waals surface area contributed by atoms with Crippen molar-refractivity contribution in [2.45, 2.75) is 18.9 Å². The number of hydrogen-bond acceptors (Lipinski definition) is 5. The topological polar surface area (TPSA) is 64.5 Å². The Hall–Kier alpha value is -3.15. The summed E-state index contributed by atoms with van der Waals surface area (Å²) >= 11 is 0. The summed E-state index contributed by atoms with van der Waals surface area (Å²) in [4.78, 5) is 22.3. The zero-order valence-corrected chi connectivity index (χ0v) is 15.0. The van der Waals surface area contributed by atoms with Gasteiger partial charge in [-0.25, -0.2) is 9.97 Å². The highest BCUT2D eigenvalue weighted by molar-refractivity contribution is 5.84. The summed E-state index contributed by atoms with van der Waals surface area (Å²) in [7, 11) is 0. The number of amides is 1. The van der Waals surface area contributed by atoms with E-state index < -0.39 is 0 Å². The fourth-order valence-electron chi connectivity index (χ4n) is 3.27. The quantitative estimate of drug-likeness (QED) is 0.697. The lowest BCUT2D eigenvalue weighted by atomic mass is 10.1. The van der Waals surface area contributed by atoms with Gasteiger partial charge >= 0.3 is 0 Å². The highest BCUT2D eigenvalue weighted by atomic mass is 16.5. The summed E-state index contributed by atoms with van der Waals surface area (Å²) in [5, 5.41) is 2.25. The number of benzene rings is 2. The molecule has 0 spiro atoms. The Balaban J connectivity index is 1.33. The summed E-state index contributed by atoms with van der Waals surface area (Å²) in [6.45, 7) is 1.30. The van der Waals surface area contributed by atoms with Crippen LogP contribution in [-0.2, 0) is 4.79 Å². The van der Waals surface area contributed by atoms with Gasteiger partial charge in [-0.3, -0.25) is 4.79 Å². The molecule has 6 heteroatoms. The third-order valence-corrected chi connectivity index (χ3v) is 4.66. The molecule has 1 fully saturated rings. The minimum atomic E-state index is -0.0572. The number of carbonyl (C=O) groups is 1. The van der Waals surface area contributed by atoms with Crippen LogP contribution in [0.15, 0.2) is 61.1 Å². The van der Waals surface area contributed by atoms with Gasteiger partial charge < -0.3 is 14.4 Å². The molecule has 3 aromatic rings. The molecule has 0 bridgehead atoms. The lowest BCUT2D eigenvalue weighted by molar-refractivity contribution is -0.136. The molecule has 1 atom stereocenters. The number of nitrogens with zero attached hydrogens (tertiary/aromatic N) is 3. The van der Waals surface area contributed by atoms with Crippen LogP contribution < -0.4 is 9.47 Å². The van der Waals surface area contributed by atoms with E-state index in [1.807, 2.05) is 36.4 Å². The van der Waals surface area contributed by atoms with Crippen LogP contribution in [0.25, 0.3) is 10.8 Å². The summed E-state index contributed by atoms with van der Waals surface area (Å²) in [5.41, 5.74) is 0. The molecule has 1 aliphatic rings. The van der Waals surface area contributed by atoms with E-state index >= 15 is 0 Å². The van der Waals surface area contributed by atoms with Crippen molar-refractivity contribution < 1.29 is 14.3 Å². The van der Waals surface area contributed by atoms with Crippen molar-refractivity contribution in [3.63, 3.8) is 0 Å². The highest BCUT2D eigenvalue weighted by Crippen LogP contribution is 2.21. The van der Waals surface area contributed by atoms with Crippen molar-refractivity contribution in [3.05, 3.63) is 61.1 Å². The minimum Gasteiger partial charge on any atom is -0.484 e. The van der Waals surface area contributed by atoms with Crippen LogP contribution >= 0.6 is 0 Å². The number of carbonyl (C=O) groups excluding carboxylic acids is 1. The predicted molar refractivity (Wildman–Crippen MR) is 102 cm³/mol. The number of fused-ring (bicyclic) bond motifs is 1. The molecule has 0 aliphatic carbocycles. The molecule has 2 heterocycles. The molecule has 27 heavy (non-hydrogen) atoms. The largest absolute Gasteiger partial charge is 0.484 e. The van der Waals surface area contributed by atoms with E-state index in [4.69, 9.17) is 9.47 Å². The number of hydrogen-bond donors (Lipinski definition) is 0. The van der Waals surface area contributed by atoms with Gasteiger partial charge in [0.05, 0.1) is 6.54 Å². The zero-order valence-electron chi connectivity index (χ0n) is 15.0. The summed E-state index contributed by atoms with van der Waals surface area (Å²) < 4.78 is 11.6. The SMILES string of the molecule is O=C(COc1ccc2ccccc2c1)N1CCCC(Oc2ccncn2)C1. The Morgan fingerprint density at radius 2 is 2.04 bits per heavy atom. The van der Waals surface area contributed by atoms with E-state index in [9.17, 15) is 4.79 Å². The Labute approximate surface area is 157 Å². The van der Waals surface area contributed by atoms with Crippen molar-refractivity contribution >= 4 is 16.7 Å². The van der Waals surface area contributed by atoms with Gasteiger partial charge in [-0.15, -0.1) is 0 Å². The molecular formula is C21H21N3O3. The Bertz CT molecular complexity index is 917. The molecule has 0 saturated carbocycles. The van der Waals surface area contributed by atoms with Crippen LogP contribution in [0.2, 0.25) is 0 Å². The van der Waals surface area contributed by atoms with Gasteiger partial charge in [0.25, 0.3) is 5.91 Å². The van der Waals surface area contributed by atoms with Crippen molar-refractivity contribution in [2.75, 3.05) is 19.7 Å². The maximum absolute atomic E-state index is 12.6. The van der Waals surface area contributed by atoms with Crippen molar-refractivity contribution in [2.24, 2.45) is 0 Å². The van der Waals surface area contributed by atoms with Crippen molar-refractivity contribution in [1.82, 2.24) is 14.9 Å². The fourth-order valence-corrected chi connectivity index (χ4v) is 3.27. The predicted octanol–water partition coefficient (Wildman–Crippen LogP) is 3.08. The standard InChI is InChI=1S/C21H21N3O3/c25-21(14-26-18-8-7-16-4-1-2-5-17(16)12-18)24-11-3-6-19(13-24)27-20-9-10-22-15-23-20/h1-2,4-5,7-10,12,15,19H,3,6,11,13-14H2. The van der Waals surface area contributed by atoms with E-state index in [1.165, 1.54) is 6.33 Å². The van der Waals surface area contributed by atoms with Gasteiger partial charge in [0, 0.05) is 18.8 Å². The van der Waals surface area contributed by atoms with Gasteiger partial charge in [-0.05, 0) is 35.7 Å². The van der Waals surface area contributed by atoms with Crippen LogP contribution in [0.5, 0.6) is 11.6 Å². The summed E-state index contributed by atoms with van der Waals surface area (Å²) in [6.07, 6.45) is 4.85. The average Bonchev–Trinajstić information content (AvgIpc) is 2.73. The lowest BCUT2D eigenvalue weighted by Crippen LogP contribution is -2.46. The van der Waals surface area contributed by atoms with Gasteiger partial charge in [-0.2, -0.15) is 0 Å². The van der Waals surface area contributed by atoms with Crippen LogP contribution in [0.4, 0.5) is 0 Å². The highest BCUT2D eigenvalue weighted by Gasteiger charge is 2.25. The summed E-state index contributed by atoms with van der Waals surface area (Å²) in [5.74, 6) is 1.21. The third kappa shape index (κ3) is 4.34. The first kappa shape index (κ1) is 17.3. The minimum absolute atomic E-state index is 0.0264. The smallest absolute Gasteiger partial charge is 0.260 e. The normalized spacial score (nSPS) is 16.9. The molecule has 1 aliphatic heterocycles. The van der Waals surface area contributed by atoms with Crippen molar-refractivity contribution in [1.29, 1.82) is 0 Å². The van der Waals surface area contributed by atoms with Crippen molar-refractivity contribution in [3.8, 4) is 11.6 Å². The van der Waals surface area contributed by atoms with E-state index in [-0.39, 0.29) is 18.6 Å². The Morgan fingerprint density at radius 1 is 1.15 bits per heavy atom. The molecule has 1 saturated heterocycles. The molecule has 138 valence electrons. The van der Waals surface area contributed by atoms with Gasteiger partial charge in [0.2, 0.25) is 5.88 Å². The van der Waals surface area contributed by atoms with Gasteiger partial charge in [0.1, 0.15) is 18.2 Å². The second kappa shape index (κ2) is 8.03. The van der Waals surface area contributed by atoms with Crippen LogP contribution in [0, 0.1) is 0 Å². The molecular weight excluding hydrogens is 342 g/mol. The number of rotatable bonds is 5. The molecule has 4 rings (SSSR count). The van der Waals surface area contributed by atoms with E-state index in [1.54, 1.807) is 17.2 Å². The fraction of sp³-hybridized carbons (Fsp3) is 0.286. The monoisotopic (exact) mass is 363 g/mol. The first-order valence-electron chi connectivity index (χ1n) is 9.10. The first-order valence-corrected chi connectivity index (χ1v) is 9.10. The zero-order chi connectivity index (χ0) is 18.5. The number of ether oxygens (including phenoxy) is 2. The maximum Gasteiger partial charge on any atom is 0.260 e. The first-order chi connectivity index (χ1) is 13.3. The number of piperidine rings is 1. The second-order valence-corrected chi connectivity index (χ2v) is 6.57. The van der Waals surface area contributed by atoms with Crippen LogP contribution in [0.1, 0.15) is 12.8 Å². The van der Waals surface area contributed by atoms with Gasteiger partial charge in [-0.1, -0.05) is 30.3 Å². The molecule has 1 amide bonds. The Kier molecular flexibility index (Phi) is 5.14. The van der Waals surface area contributed by atoms with Crippen LogP contribution in [-0.4, -0.2) is 46.6 Å². The third-order valence-electron chi connectivity index (χ3n) is 4.66. The van der Waals surface area contributed by atoms with Gasteiger partial charge in [0.15, 0.2) is 6.61 Å². The average molecular weight is 363 g/mol. The lowest BCUT2D eigenvalue weighted by Gasteiger charge is -2.32. The molecule has 1 unspecified atom stereocenters. The van der Waals surface area contributed by atoms with Crippen LogP contribution in [0.3, 0.4) is 0 Å². The molecule has 6 nitrogen and oxygen atoms in total.